The van der Waals surface area contributed by atoms with Crippen molar-refractivity contribution >= 4 is 31.4 Å². The maximum absolute atomic E-state index is 12.0. The van der Waals surface area contributed by atoms with E-state index in [0.717, 1.165) is 24.2 Å². The molecule has 0 saturated heterocycles. The van der Waals surface area contributed by atoms with Gasteiger partial charge in [-0.1, -0.05) is 42.5 Å². The third-order valence-electron chi connectivity index (χ3n) is 4.00. The molecule has 3 aromatic rings. The van der Waals surface area contributed by atoms with E-state index < -0.39 is 10.0 Å². The van der Waals surface area contributed by atoms with Crippen LogP contribution < -0.4 is 10.0 Å². The number of thiophene rings is 1. The predicted octanol–water partition coefficient (Wildman–Crippen LogP) is 4.02. The predicted molar refractivity (Wildman–Crippen MR) is 110 cm³/mol. The lowest BCUT2D eigenvalue weighted by Gasteiger charge is -2.10. The number of hydrogen-bond donors (Lipinski definition) is 2. The highest BCUT2D eigenvalue weighted by molar-refractivity contribution is 7.88. The first-order chi connectivity index (χ1) is 12.4. The second kappa shape index (κ2) is 8.31. The smallest absolute Gasteiger partial charge is 0.216 e. The molecule has 0 unspecified atom stereocenters. The summed E-state index contributed by atoms with van der Waals surface area (Å²) >= 11 is 1.77. The van der Waals surface area contributed by atoms with Crippen LogP contribution in [0.4, 0.5) is 0 Å². The lowest BCUT2D eigenvalue weighted by molar-refractivity contribution is 0.569. The summed E-state index contributed by atoms with van der Waals surface area (Å²) in [6.45, 7) is 5.21. The molecule has 138 valence electrons. The summed E-state index contributed by atoms with van der Waals surface area (Å²) in [5.74, 6) is 0.0137. The third kappa shape index (κ3) is 5.14. The average molecular weight is 389 g/mol. The van der Waals surface area contributed by atoms with Gasteiger partial charge >= 0.3 is 0 Å². The first kappa shape index (κ1) is 19.0. The van der Waals surface area contributed by atoms with Gasteiger partial charge in [0.05, 0.1) is 5.75 Å². The molecular formula is C20H24N2O2S2. The summed E-state index contributed by atoms with van der Waals surface area (Å²) in [6, 6.07) is 16.1. The molecule has 0 aliphatic heterocycles. The Kier molecular flexibility index (Phi) is 6.09. The van der Waals surface area contributed by atoms with Gasteiger partial charge in [0.15, 0.2) is 0 Å². The molecule has 0 radical (unpaired) electrons. The number of nitrogens with one attached hydrogen (secondary N) is 2. The molecular weight excluding hydrogens is 364 g/mol. The van der Waals surface area contributed by atoms with Crippen molar-refractivity contribution in [3.05, 3.63) is 70.6 Å². The molecule has 0 aliphatic rings. The van der Waals surface area contributed by atoms with Crippen LogP contribution in [0.3, 0.4) is 0 Å². The van der Waals surface area contributed by atoms with Crippen LogP contribution in [0.1, 0.15) is 30.5 Å². The molecule has 0 bridgehead atoms. The number of benzene rings is 2. The second-order valence-electron chi connectivity index (χ2n) is 6.71. The molecule has 0 fully saturated rings. The molecule has 4 nitrogen and oxygen atoms in total. The van der Waals surface area contributed by atoms with E-state index in [4.69, 9.17) is 0 Å². The van der Waals surface area contributed by atoms with Gasteiger partial charge in [-0.25, -0.2) is 13.1 Å². The van der Waals surface area contributed by atoms with E-state index in [9.17, 15) is 8.42 Å². The normalized spacial score (nSPS) is 12.1. The van der Waals surface area contributed by atoms with E-state index >= 15 is 0 Å². The van der Waals surface area contributed by atoms with Gasteiger partial charge < -0.3 is 5.32 Å². The molecule has 2 aromatic carbocycles. The van der Waals surface area contributed by atoms with Gasteiger partial charge in [-0.15, -0.1) is 11.3 Å². The van der Waals surface area contributed by atoms with Crippen LogP contribution in [0.15, 0.2) is 53.9 Å². The average Bonchev–Trinajstić information content (AvgIpc) is 2.98. The molecule has 0 saturated carbocycles. The van der Waals surface area contributed by atoms with Crippen LogP contribution in [0.2, 0.25) is 0 Å². The molecule has 0 aliphatic carbocycles. The molecule has 26 heavy (non-hydrogen) atoms. The monoisotopic (exact) mass is 388 g/mol. The van der Waals surface area contributed by atoms with E-state index in [1.807, 2.05) is 38.1 Å². The Labute approximate surface area is 159 Å². The fourth-order valence-electron chi connectivity index (χ4n) is 2.88. The zero-order valence-electron chi connectivity index (χ0n) is 15.0. The zero-order chi connectivity index (χ0) is 18.6. The Bertz CT molecular complexity index is 961. The maximum atomic E-state index is 12.0. The van der Waals surface area contributed by atoms with Crippen molar-refractivity contribution in [2.75, 3.05) is 0 Å². The SMILES string of the molecule is CC(C)NS(=O)(=O)Cc1ccc(CNCc2csc3ccccc23)cc1. The quantitative estimate of drug-likeness (QED) is 0.613. The van der Waals surface area contributed by atoms with Gasteiger partial charge in [0.25, 0.3) is 0 Å². The molecule has 1 aromatic heterocycles. The minimum Gasteiger partial charge on any atom is -0.309 e. The van der Waals surface area contributed by atoms with Crippen molar-refractivity contribution in [3.63, 3.8) is 0 Å². The lowest BCUT2D eigenvalue weighted by Crippen LogP contribution is -2.31. The largest absolute Gasteiger partial charge is 0.309 e. The summed E-state index contributed by atoms with van der Waals surface area (Å²) in [5, 5.41) is 6.98. The zero-order valence-corrected chi connectivity index (χ0v) is 16.7. The molecule has 0 spiro atoms. The highest BCUT2D eigenvalue weighted by Crippen LogP contribution is 2.25. The Hall–Kier alpha value is -1.73. The molecule has 0 atom stereocenters. The van der Waals surface area contributed by atoms with Gasteiger partial charge in [0, 0.05) is 23.8 Å². The molecule has 2 N–H and O–H groups in total. The Balaban J connectivity index is 1.55. The highest BCUT2D eigenvalue weighted by atomic mass is 32.2. The Morgan fingerprint density at radius 2 is 1.65 bits per heavy atom. The molecule has 0 amide bonds. The van der Waals surface area contributed by atoms with Gasteiger partial charge in [-0.05, 0) is 47.4 Å². The second-order valence-corrected chi connectivity index (χ2v) is 9.37. The minimum absolute atomic E-state index is 0.0137. The molecule has 1 heterocycles. The van der Waals surface area contributed by atoms with E-state index in [1.165, 1.54) is 15.6 Å². The van der Waals surface area contributed by atoms with Crippen molar-refractivity contribution < 1.29 is 8.42 Å². The van der Waals surface area contributed by atoms with Crippen LogP contribution in [0, 0.1) is 0 Å². The van der Waals surface area contributed by atoms with Gasteiger partial charge in [0.1, 0.15) is 0 Å². The maximum Gasteiger partial charge on any atom is 0.216 e. The number of rotatable bonds is 8. The summed E-state index contributed by atoms with van der Waals surface area (Å²) in [7, 11) is -3.28. The highest BCUT2D eigenvalue weighted by Gasteiger charge is 2.12. The van der Waals surface area contributed by atoms with Crippen molar-refractivity contribution in [2.45, 2.75) is 38.7 Å². The van der Waals surface area contributed by atoms with Crippen LogP contribution in [0.25, 0.3) is 10.1 Å². The van der Waals surface area contributed by atoms with Crippen LogP contribution in [-0.2, 0) is 28.9 Å². The third-order valence-corrected chi connectivity index (χ3v) is 6.56. The minimum atomic E-state index is -3.28. The summed E-state index contributed by atoms with van der Waals surface area (Å²) < 4.78 is 27.9. The number of hydrogen-bond acceptors (Lipinski definition) is 4. The lowest BCUT2D eigenvalue weighted by atomic mass is 10.1. The van der Waals surface area contributed by atoms with Crippen molar-refractivity contribution in [3.8, 4) is 0 Å². The van der Waals surface area contributed by atoms with Gasteiger partial charge in [-0.2, -0.15) is 0 Å². The van der Waals surface area contributed by atoms with E-state index in [2.05, 4.69) is 39.7 Å². The van der Waals surface area contributed by atoms with E-state index in [-0.39, 0.29) is 11.8 Å². The Morgan fingerprint density at radius 1 is 0.962 bits per heavy atom. The number of sulfonamides is 1. The van der Waals surface area contributed by atoms with Crippen LogP contribution >= 0.6 is 11.3 Å². The van der Waals surface area contributed by atoms with Crippen LogP contribution in [0.5, 0.6) is 0 Å². The fraction of sp³-hybridized carbons (Fsp3) is 0.300. The summed E-state index contributed by atoms with van der Waals surface area (Å²) in [6.07, 6.45) is 0. The summed E-state index contributed by atoms with van der Waals surface area (Å²) in [4.78, 5) is 0. The molecule has 3 rings (SSSR count). The van der Waals surface area contributed by atoms with Crippen molar-refractivity contribution in [1.29, 1.82) is 0 Å². The van der Waals surface area contributed by atoms with Gasteiger partial charge in [0.2, 0.25) is 10.0 Å². The van der Waals surface area contributed by atoms with Crippen molar-refractivity contribution in [1.82, 2.24) is 10.0 Å². The fourth-order valence-corrected chi connectivity index (χ4v) is 5.28. The molecule has 6 heteroatoms. The van der Waals surface area contributed by atoms with Crippen molar-refractivity contribution in [2.24, 2.45) is 0 Å². The Morgan fingerprint density at radius 3 is 2.38 bits per heavy atom. The first-order valence-corrected chi connectivity index (χ1v) is 11.2. The first-order valence-electron chi connectivity index (χ1n) is 8.66. The topological polar surface area (TPSA) is 58.2 Å². The van der Waals surface area contributed by atoms with E-state index in [1.54, 1.807) is 11.3 Å². The van der Waals surface area contributed by atoms with Gasteiger partial charge in [-0.3, -0.25) is 0 Å². The summed E-state index contributed by atoms with van der Waals surface area (Å²) in [5.41, 5.74) is 3.25. The van der Waals surface area contributed by atoms with E-state index in [0.29, 0.717) is 0 Å². The number of fused-ring (bicyclic) bond motifs is 1. The standard InChI is InChI=1S/C20H24N2O2S2/c1-15(2)22-26(23,24)14-17-9-7-16(8-10-17)11-21-12-18-13-25-20-6-4-3-5-19(18)20/h3-10,13,15,21-22H,11-12,14H2,1-2H3. The van der Waals surface area contributed by atoms with Crippen LogP contribution in [-0.4, -0.2) is 14.5 Å².